The lowest BCUT2D eigenvalue weighted by atomic mass is 9.90. The molecule has 40 heavy (non-hydrogen) atoms. The number of fused-ring (bicyclic) bond motifs is 3. The number of amides is 1. The van der Waals surface area contributed by atoms with E-state index >= 15 is 0 Å². The third-order valence-electron chi connectivity index (χ3n) is 7.69. The van der Waals surface area contributed by atoms with Gasteiger partial charge in [-0.05, 0) is 59.7 Å². The Bertz CT molecular complexity index is 1760. The molecule has 1 aliphatic heterocycles. The molecule has 3 N–H and O–H groups in total. The predicted molar refractivity (Wildman–Crippen MR) is 152 cm³/mol. The molecule has 3 aromatic heterocycles. The maximum Gasteiger partial charge on any atom is 0.280 e. The SMILES string of the molecule is CN1C=C(c2ccnc(-n3ccn4c5c(cc4c3=O)CC(C)(C)C5)c2CO)C=C(NC(=O)c2ccccc2)C1O. The zero-order valence-electron chi connectivity index (χ0n) is 22.6. The molecule has 1 aliphatic carbocycles. The summed E-state index contributed by atoms with van der Waals surface area (Å²) in [7, 11) is 1.69. The van der Waals surface area contributed by atoms with Crippen molar-refractivity contribution in [2.45, 2.75) is 39.5 Å². The number of aliphatic hydroxyl groups is 2. The summed E-state index contributed by atoms with van der Waals surface area (Å²) in [6.45, 7) is 4.09. The van der Waals surface area contributed by atoms with Crippen molar-refractivity contribution in [3.63, 3.8) is 0 Å². The summed E-state index contributed by atoms with van der Waals surface area (Å²) in [4.78, 5) is 32.5. The Balaban J connectivity index is 1.40. The van der Waals surface area contributed by atoms with Crippen molar-refractivity contribution in [3.8, 4) is 5.82 Å². The molecule has 1 amide bonds. The number of nitrogens with zero attached hydrogens (tertiary/aromatic N) is 4. The number of nitrogens with one attached hydrogen (secondary N) is 1. The van der Waals surface area contributed by atoms with Crippen LogP contribution in [-0.4, -0.2) is 48.2 Å². The van der Waals surface area contributed by atoms with E-state index in [-0.39, 0.29) is 23.5 Å². The van der Waals surface area contributed by atoms with Gasteiger partial charge < -0.3 is 24.8 Å². The van der Waals surface area contributed by atoms with Gasteiger partial charge in [0.25, 0.3) is 11.5 Å². The molecular weight excluding hydrogens is 506 g/mol. The number of aromatic nitrogens is 3. The maximum absolute atomic E-state index is 13.7. The number of aliphatic hydroxyl groups excluding tert-OH is 2. The number of rotatable bonds is 5. The molecule has 204 valence electrons. The van der Waals surface area contributed by atoms with Gasteiger partial charge in [0.15, 0.2) is 6.23 Å². The van der Waals surface area contributed by atoms with Gasteiger partial charge in [-0.2, -0.15) is 0 Å². The highest BCUT2D eigenvalue weighted by Crippen LogP contribution is 2.37. The molecule has 9 heteroatoms. The average Bonchev–Trinajstić information content (AvgIpc) is 3.43. The van der Waals surface area contributed by atoms with E-state index in [1.54, 1.807) is 66.9 Å². The van der Waals surface area contributed by atoms with Gasteiger partial charge in [0.1, 0.15) is 11.3 Å². The number of hydrogen-bond acceptors (Lipinski definition) is 6. The number of allylic oxidation sites excluding steroid dienone is 2. The first-order valence-corrected chi connectivity index (χ1v) is 13.2. The third kappa shape index (κ3) is 4.33. The molecule has 1 unspecified atom stereocenters. The fraction of sp³-hybridized carbons (Fsp3) is 0.258. The van der Waals surface area contributed by atoms with Crippen LogP contribution in [0.15, 0.2) is 83.8 Å². The summed E-state index contributed by atoms with van der Waals surface area (Å²) in [6.07, 6.45) is 9.32. The smallest absolute Gasteiger partial charge is 0.280 e. The minimum Gasteiger partial charge on any atom is -0.392 e. The van der Waals surface area contributed by atoms with Crippen LogP contribution >= 0.6 is 0 Å². The molecule has 4 aromatic rings. The van der Waals surface area contributed by atoms with Crippen LogP contribution in [0.1, 0.15) is 46.6 Å². The lowest BCUT2D eigenvalue weighted by Crippen LogP contribution is -2.39. The van der Waals surface area contributed by atoms with Crippen molar-refractivity contribution in [3.05, 3.63) is 117 Å². The predicted octanol–water partition coefficient (Wildman–Crippen LogP) is 3.02. The normalized spacial score (nSPS) is 17.9. The molecular formula is C31H31N5O4. The molecule has 2 aliphatic rings. The monoisotopic (exact) mass is 537 g/mol. The average molecular weight is 538 g/mol. The van der Waals surface area contributed by atoms with Gasteiger partial charge in [0.2, 0.25) is 0 Å². The standard InChI is InChI=1S/C31H31N5O4/c1-31(2)15-20-14-25-30(40)36(12-11-35(25)26(20)16-31)27-23(18-37)22(9-10-32-27)21-13-24(29(39)34(3)17-21)33-28(38)19-7-5-4-6-8-19/h4-14,17,29,37,39H,15-16,18H2,1-3H3,(H,33,38). The Labute approximate surface area is 231 Å². The maximum atomic E-state index is 13.7. The van der Waals surface area contributed by atoms with Crippen LogP contribution in [0.4, 0.5) is 0 Å². The van der Waals surface area contributed by atoms with Crippen molar-refractivity contribution in [2.75, 3.05) is 7.05 Å². The second kappa shape index (κ2) is 9.62. The summed E-state index contributed by atoms with van der Waals surface area (Å²) >= 11 is 0. The summed E-state index contributed by atoms with van der Waals surface area (Å²) in [5, 5.41) is 24.1. The van der Waals surface area contributed by atoms with Gasteiger partial charge in [-0.1, -0.05) is 32.0 Å². The Morgan fingerprint density at radius 3 is 2.67 bits per heavy atom. The minimum atomic E-state index is -1.07. The molecule has 4 heterocycles. The van der Waals surface area contributed by atoms with Crippen LogP contribution in [0.3, 0.4) is 0 Å². The molecule has 0 spiro atoms. The lowest BCUT2D eigenvalue weighted by molar-refractivity contribution is 0.0735. The fourth-order valence-electron chi connectivity index (χ4n) is 5.77. The van der Waals surface area contributed by atoms with E-state index in [4.69, 9.17) is 0 Å². The Hall–Kier alpha value is -4.47. The number of hydrogen-bond donors (Lipinski definition) is 3. The number of carbonyl (C=O) groups is 1. The topological polar surface area (TPSA) is 112 Å². The number of pyridine rings is 1. The van der Waals surface area contributed by atoms with E-state index in [0.717, 1.165) is 18.5 Å². The van der Waals surface area contributed by atoms with Crippen LogP contribution in [0.5, 0.6) is 0 Å². The van der Waals surface area contributed by atoms with E-state index in [9.17, 15) is 19.8 Å². The van der Waals surface area contributed by atoms with Crippen molar-refractivity contribution in [1.82, 2.24) is 24.2 Å². The van der Waals surface area contributed by atoms with Crippen molar-refractivity contribution in [2.24, 2.45) is 5.41 Å². The van der Waals surface area contributed by atoms with Crippen molar-refractivity contribution < 1.29 is 15.0 Å². The Kier molecular flexibility index (Phi) is 6.20. The van der Waals surface area contributed by atoms with E-state index < -0.39 is 6.23 Å². The Morgan fingerprint density at radius 2 is 1.93 bits per heavy atom. The van der Waals surface area contributed by atoms with Crippen molar-refractivity contribution >= 4 is 17.0 Å². The van der Waals surface area contributed by atoms with Gasteiger partial charge in [-0.25, -0.2) is 4.98 Å². The first-order valence-electron chi connectivity index (χ1n) is 13.2. The second-order valence-electron chi connectivity index (χ2n) is 11.2. The highest BCUT2D eigenvalue weighted by molar-refractivity contribution is 5.95. The molecule has 0 bridgehead atoms. The molecule has 0 saturated carbocycles. The van der Waals surface area contributed by atoms with Crippen LogP contribution in [0.25, 0.3) is 16.9 Å². The molecule has 0 radical (unpaired) electrons. The zero-order chi connectivity index (χ0) is 28.2. The number of carbonyl (C=O) groups excluding carboxylic acids is 1. The van der Waals surface area contributed by atoms with E-state index in [1.165, 1.54) is 10.1 Å². The third-order valence-corrected chi connectivity index (χ3v) is 7.69. The van der Waals surface area contributed by atoms with Gasteiger partial charge in [0, 0.05) is 54.2 Å². The number of benzene rings is 1. The van der Waals surface area contributed by atoms with E-state index in [2.05, 4.69) is 24.1 Å². The molecule has 0 saturated heterocycles. The van der Waals surface area contributed by atoms with E-state index in [1.807, 2.05) is 22.7 Å². The summed E-state index contributed by atoms with van der Waals surface area (Å²) < 4.78 is 3.43. The Morgan fingerprint density at radius 1 is 1.15 bits per heavy atom. The summed E-state index contributed by atoms with van der Waals surface area (Å²) in [5.74, 6) is -0.0205. The largest absolute Gasteiger partial charge is 0.392 e. The first kappa shape index (κ1) is 25.8. The summed E-state index contributed by atoms with van der Waals surface area (Å²) in [6, 6.07) is 12.5. The first-order chi connectivity index (χ1) is 19.2. The van der Waals surface area contributed by atoms with Crippen LogP contribution < -0.4 is 10.9 Å². The van der Waals surface area contributed by atoms with Gasteiger partial charge in [0.05, 0.1) is 12.3 Å². The lowest BCUT2D eigenvalue weighted by Gasteiger charge is -2.30. The molecule has 6 rings (SSSR count). The molecule has 1 atom stereocenters. The van der Waals surface area contributed by atoms with Crippen LogP contribution in [0, 0.1) is 5.41 Å². The van der Waals surface area contributed by atoms with Crippen LogP contribution in [-0.2, 0) is 19.4 Å². The molecule has 1 aromatic carbocycles. The molecule has 0 fully saturated rings. The van der Waals surface area contributed by atoms with Gasteiger partial charge >= 0.3 is 0 Å². The van der Waals surface area contributed by atoms with Gasteiger partial charge in [-0.3, -0.25) is 14.2 Å². The van der Waals surface area contributed by atoms with Crippen molar-refractivity contribution in [1.29, 1.82) is 0 Å². The highest BCUT2D eigenvalue weighted by Gasteiger charge is 2.32. The van der Waals surface area contributed by atoms with Crippen LogP contribution in [0.2, 0.25) is 0 Å². The quantitative estimate of drug-likeness (QED) is 0.361. The van der Waals surface area contributed by atoms with Gasteiger partial charge in [-0.15, -0.1) is 0 Å². The summed E-state index contributed by atoms with van der Waals surface area (Å²) in [5.41, 5.74) is 5.36. The zero-order valence-corrected chi connectivity index (χ0v) is 22.6. The second-order valence-corrected chi connectivity index (χ2v) is 11.2. The number of likely N-dealkylation sites (N-methyl/N-ethyl adjacent to an activating group) is 1. The highest BCUT2D eigenvalue weighted by atomic mass is 16.3. The minimum absolute atomic E-state index is 0.169. The molecule has 9 nitrogen and oxygen atoms in total. The fourth-order valence-corrected chi connectivity index (χ4v) is 5.77. The van der Waals surface area contributed by atoms with E-state index in [0.29, 0.717) is 39.3 Å².